The van der Waals surface area contributed by atoms with Crippen LogP contribution in [0.3, 0.4) is 0 Å². The topological polar surface area (TPSA) is 78.7 Å². The molecule has 0 unspecified atom stereocenters. The minimum atomic E-state index is 0.446. The third-order valence-corrected chi connectivity index (χ3v) is 7.60. The Balaban J connectivity index is 0.000000184. The second kappa shape index (κ2) is 16.1. The number of halogens is 2. The van der Waals surface area contributed by atoms with Gasteiger partial charge in [0, 0.05) is 27.8 Å². The normalized spacial score (nSPS) is 10.4. The van der Waals surface area contributed by atoms with E-state index in [1.54, 1.807) is 26.4 Å². The van der Waals surface area contributed by atoms with E-state index in [9.17, 15) is 0 Å². The van der Waals surface area contributed by atoms with E-state index in [2.05, 4.69) is 67.2 Å². The maximum Gasteiger partial charge on any atom is 0.171 e. The summed E-state index contributed by atoms with van der Waals surface area (Å²) >= 11 is 6.70. The van der Waals surface area contributed by atoms with E-state index < -0.39 is 0 Å². The lowest BCUT2D eigenvalue weighted by Crippen LogP contribution is -2.01. The molecule has 1 aromatic heterocycles. The first-order valence-electron chi connectivity index (χ1n) is 14.5. The van der Waals surface area contributed by atoms with Gasteiger partial charge < -0.3 is 29.7 Å². The predicted octanol–water partition coefficient (Wildman–Crippen LogP) is 10.4. The van der Waals surface area contributed by atoms with Gasteiger partial charge in [-0.3, -0.25) is 0 Å². The summed E-state index contributed by atoms with van der Waals surface area (Å²) < 4.78 is 23.7. The average Bonchev–Trinajstić information content (AvgIpc) is 3.54. The molecule has 0 radical (unpaired) electrons. The van der Waals surface area contributed by atoms with E-state index in [1.807, 2.05) is 84.9 Å². The van der Waals surface area contributed by atoms with Gasteiger partial charge in [-0.05, 0) is 85.0 Å². The molecule has 3 N–H and O–H groups in total. The zero-order chi connectivity index (χ0) is 32.3. The van der Waals surface area contributed by atoms with Gasteiger partial charge in [-0.15, -0.1) is 0 Å². The number of rotatable bonds is 10. The molecule has 234 valence electrons. The Bertz CT molecular complexity index is 1890. The molecular formula is C38H34Br2N2O4. The largest absolute Gasteiger partial charge is 0.493 e. The molecular weight excluding hydrogens is 708 g/mol. The number of nitrogen functional groups attached to an aromatic ring is 1. The minimum absolute atomic E-state index is 0.446. The number of nitrogens with one attached hydrogen (secondary N) is 1. The molecule has 6 rings (SSSR count). The highest BCUT2D eigenvalue weighted by Gasteiger charge is 2.15. The van der Waals surface area contributed by atoms with Gasteiger partial charge in [0.25, 0.3) is 0 Å². The van der Waals surface area contributed by atoms with Crippen LogP contribution in [-0.2, 0) is 13.2 Å². The molecule has 0 saturated heterocycles. The fourth-order valence-corrected chi connectivity index (χ4v) is 5.32. The van der Waals surface area contributed by atoms with Gasteiger partial charge in [-0.25, -0.2) is 0 Å². The number of aromatic nitrogens is 1. The Morgan fingerprint density at radius 3 is 1.76 bits per heavy atom. The predicted molar refractivity (Wildman–Crippen MR) is 195 cm³/mol. The fourth-order valence-electron chi connectivity index (χ4n) is 4.86. The van der Waals surface area contributed by atoms with Crippen LogP contribution in [0, 0.1) is 0 Å². The van der Waals surface area contributed by atoms with Gasteiger partial charge in [0.2, 0.25) is 0 Å². The molecule has 0 amide bonds. The average molecular weight is 743 g/mol. The fraction of sp³-hybridized carbons (Fsp3) is 0.105. The summed E-state index contributed by atoms with van der Waals surface area (Å²) in [5.41, 5.74) is 12.9. The van der Waals surface area contributed by atoms with Gasteiger partial charge in [0.15, 0.2) is 23.0 Å². The van der Waals surface area contributed by atoms with Gasteiger partial charge in [-0.1, -0.05) is 91.0 Å². The van der Waals surface area contributed by atoms with Gasteiger partial charge in [0.1, 0.15) is 13.2 Å². The second-order valence-corrected chi connectivity index (χ2v) is 13.0. The maximum atomic E-state index is 6.13. The van der Waals surface area contributed by atoms with Crippen LogP contribution < -0.4 is 24.7 Å². The molecule has 8 heteroatoms. The number of anilines is 1. The summed E-state index contributed by atoms with van der Waals surface area (Å²) in [5.74, 6) is 2.77. The number of nitrogens with two attached hydrogens (primary N) is 1. The van der Waals surface area contributed by atoms with Crippen LogP contribution in [0.2, 0.25) is 0 Å². The lowest BCUT2D eigenvalue weighted by molar-refractivity contribution is 0.284. The summed E-state index contributed by atoms with van der Waals surface area (Å²) in [6.07, 6.45) is 1.85. The third kappa shape index (κ3) is 8.33. The van der Waals surface area contributed by atoms with Crippen molar-refractivity contribution < 1.29 is 18.9 Å². The SMILES string of the molecule is COc1ccc(N)c(C=C(Br)Br)c1OCc1ccccc1.COc1ccc2[nH]c(-c3ccccc3)cc2c1OCc1ccccc1. The molecule has 0 spiro atoms. The number of ether oxygens (including phenoxy) is 4. The van der Waals surface area contributed by atoms with E-state index in [1.165, 1.54) is 0 Å². The first-order chi connectivity index (χ1) is 22.5. The van der Waals surface area contributed by atoms with Crippen molar-refractivity contribution in [3.05, 3.63) is 141 Å². The molecule has 6 aromatic rings. The van der Waals surface area contributed by atoms with Crippen molar-refractivity contribution in [1.82, 2.24) is 4.98 Å². The number of fused-ring (bicyclic) bond motifs is 1. The number of hydrogen-bond donors (Lipinski definition) is 2. The van der Waals surface area contributed by atoms with Crippen LogP contribution in [0.25, 0.3) is 28.2 Å². The lowest BCUT2D eigenvalue weighted by Gasteiger charge is -2.15. The summed E-state index contributed by atoms with van der Waals surface area (Å²) in [6, 6.07) is 40.0. The Labute approximate surface area is 286 Å². The monoisotopic (exact) mass is 740 g/mol. The van der Waals surface area contributed by atoms with E-state index in [-0.39, 0.29) is 0 Å². The van der Waals surface area contributed by atoms with Crippen molar-refractivity contribution >= 4 is 54.5 Å². The van der Waals surface area contributed by atoms with E-state index >= 15 is 0 Å². The quantitative estimate of drug-likeness (QED) is 0.137. The summed E-state index contributed by atoms with van der Waals surface area (Å²) in [7, 11) is 3.28. The zero-order valence-corrected chi connectivity index (χ0v) is 28.7. The highest BCUT2D eigenvalue weighted by molar-refractivity contribution is 9.28. The Kier molecular flexibility index (Phi) is 11.4. The molecule has 6 nitrogen and oxygen atoms in total. The smallest absolute Gasteiger partial charge is 0.171 e. The van der Waals surface area contributed by atoms with Gasteiger partial charge in [-0.2, -0.15) is 0 Å². The van der Waals surface area contributed by atoms with Crippen molar-refractivity contribution in [2.75, 3.05) is 20.0 Å². The molecule has 0 fully saturated rings. The Hall–Kier alpha value is -4.66. The van der Waals surface area contributed by atoms with Crippen LogP contribution in [0.1, 0.15) is 16.7 Å². The van der Waals surface area contributed by atoms with Crippen molar-refractivity contribution in [2.24, 2.45) is 0 Å². The number of benzene rings is 5. The third-order valence-electron chi connectivity index (χ3n) is 7.14. The molecule has 46 heavy (non-hydrogen) atoms. The molecule has 0 bridgehead atoms. The molecule has 0 aliphatic carbocycles. The molecule has 5 aromatic carbocycles. The van der Waals surface area contributed by atoms with Crippen LogP contribution >= 0.6 is 31.9 Å². The first kappa shape index (κ1) is 32.7. The number of aromatic amines is 1. The number of hydrogen-bond acceptors (Lipinski definition) is 5. The van der Waals surface area contributed by atoms with Crippen molar-refractivity contribution in [1.29, 1.82) is 0 Å². The molecule has 0 saturated carbocycles. The highest BCUT2D eigenvalue weighted by atomic mass is 79.9. The standard InChI is InChI=1S/C22H19NO2.C16H15Br2NO2/c1-24-21-13-12-19-18(14-20(23-19)17-10-6-3-7-11-17)22(21)25-15-16-8-4-2-5-9-16;1-20-14-8-7-13(19)12(9-15(17)18)16(14)21-10-11-5-3-2-4-6-11/h2-14,23H,15H2,1H3;2-9H,10,19H2,1H3. The zero-order valence-electron chi connectivity index (χ0n) is 25.5. The molecule has 0 aliphatic rings. The van der Waals surface area contributed by atoms with E-state index in [4.69, 9.17) is 24.7 Å². The van der Waals surface area contributed by atoms with Crippen LogP contribution in [0.5, 0.6) is 23.0 Å². The summed E-state index contributed by atoms with van der Waals surface area (Å²) in [5, 5.41) is 1.02. The number of H-pyrrole nitrogens is 1. The van der Waals surface area contributed by atoms with Crippen LogP contribution in [0.15, 0.2) is 125 Å². The Morgan fingerprint density at radius 2 is 1.20 bits per heavy atom. The molecule has 0 atom stereocenters. The van der Waals surface area contributed by atoms with Crippen LogP contribution in [-0.4, -0.2) is 19.2 Å². The van der Waals surface area contributed by atoms with Crippen molar-refractivity contribution in [3.8, 4) is 34.3 Å². The molecule has 0 aliphatic heterocycles. The van der Waals surface area contributed by atoms with E-state index in [0.29, 0.717) is 30.4 Å². The van der Waals surface area contributed by atoms with E-state index in [0.717, 1.165) is 53.7 Å². The summed E-state index contributed by atoms with van der Waals surface area (Å²) in [6.45, 7) is 0.948. The highest BCUT2D eigenvalue weighted by Crippen LogP contribution is 2.39. The Morgan fingerprint density at radius 1 is 0.674 bits per heavy atom. The van der Waals surface area contributed by atoms with Gasteiger partial charge >= 0.3 is 0 Å². The second-order valence-electron chi connectivity index (χ2n) is 10.2. The van der Waals surface area contributed by atoms with Crippen molar-refractivity contribution in [3.63, 3.8) is 0 Å². The minimum Gasteiger partial charge on any atom is -0.493 e. The van der Waals surface area contributed by atoms with Crippen LogP contribution in [0.4, 0.5) is 5.69 Å². The first-order valence-corrected chi connectivity index (χ1v) is 16.1. The number of methoxy groups -OCH3 is 2. The van der Waals surface area contributed by atoms with Gasteiger partial charge in [0.05, 0.1) is 17.6 Å². The van der Waals surface area contributed by atoms with Crippen molar-refractivity contribution in [2.45, 2.75) is 13.2 Å². The maximum absolute atomic E-state index is 6.13. The lowest BCUT2D eigenvalue weighted by atomic mass is 10.1. The molecule has 1 heterocycles. The summed E-state index contributed by atoms with van der Waals surface area (Å²) in [4.78, 5) is 3.47.